The van der Waals surface area contributed by atoms with Gasteiger partial charge in [0.25, 0.3) is 0 Å². The van der Waals surface area contributed by atoms with Gasteiger partial charge < -0.3 is 24.1 Å². The zero-order valence-corrected chi connectivity index (χ0v) is 18.4. The Morgan fingerprint density at radius 2 is 1.87 bits per heavy atom. The number of hydrogen-bond donors (Lipinski definition) is 2. The van der Waals surface area contributed by atoms with Gasteiger partial charge in [0.15, 0.2) is 0 Å². The molecule has 0 fully saturated rings. The first-order chi connectivity index (χ1) is 14.6. The summed E-state index contributed by atoms with van der Waals surface area (Å²) in [4.78, 5) is 11.9. The highest BCUT2D eigenvalue weighted by molar-refractivity contribution is 7.53. The minimum atomic E-state index is -2.98. The molecular formula is C21H29N4O4P. The molecule has 0 aliphatic carbocycles. The topological polar surface area (TPSA) is 98.4 Å². The second-order valence-corrected chi connectivity index (χ2v) is 8.88. The summed E-state index contributed by atoms with van der Waals surface area (Å²) in [7, 11) is -2.98. The van der Waals surface area contributed by atoms with Crippen LogP contribution in [0.2, 0.25) is 0 Å². The number of aromatic nitrogens is 3. The molecule has 1 aromatic carbocycles. The third-order valence-electron chi connectivity index (χ3n) is 4.48. The fraction of sp³-hybridized carbons (Fsp3) is 0.429. The lowest BCUT2D eigenvalue weighted by Gasteiger charge is -2.16. The first-order valence-corrected chi connectivity index (χ1v) is 11.9. The predicted octanol–water partition coefficient (Wildman–Crippen LogP) is 4.28. The Hall–Kier alpha value is -2.25. The van der Waals surface area contributed by atoms with Crippen molar-refractivity contribution >= 4 is 18.6 Å². The monoisotopic (exact) mass is 432 g/mol. The molecule has 162 valence electrons. The van der Waals surface area contributed by atoms with Gasteiger partial charge in [-0.1, -0.05) is 30.3 Å². The molecule has 0 saturated heterocycles. The van der Waals surface area contributed by atoms with Crippen LogP contribution in [0.4, 0.5) is 0 Å². The van der Waals surface area contributed by atoms with Crippen molar-refractivity contribution in [3.8, 4) is 5.88 Å². The van der Waals surface area contributed by atoms with E-state index in [1.165, 1.54) is 6.33 Å². The van der Waals surface area contributed by atoms with Crippen LogP contribution in [0.25, 0.3) is 11.0 Å². The van der Waals surface area contributed by atoms with Crippen LogP contribution in [0.15, 0.2) is 42.9 Å². The SMILES string of the molecule is CCOP(=O)(CCCNCc1c[nH]c2c(OCc3ccccc3)ncnc12)OCC. The van der Waals surface area contributed by atoms with Crippen molar-refractivity contribution in [1.82, 2.24) is 20.3 Å². The maximum Gasteiger partial charge on any atom is 0.330 e. The summed E-state index contributed by atoms with van der Waals surface area (Å²) in [6.07, 6.45) is 4.52. The van der Waals surface area contributed by atoms with Gasteiger partial charge in [-0.05, 0) is 32.4 Å². The Kier molecular flexibility index (Phi) is 8.39. The number of benzene rings is 1. The third-order valence-corrected chi connectivity index (χ3v) is 6.65. The second kappa shape index (κ2) is 11.2. The predicted molar refractivity (Wildman–Crippen MR) is 117 cm³/mol. The Morgan fingerprint density at radius 1 is 1.10 bits per heavy atom. The van der Waals surface area contributed by atoms with Gasteiger partial charge in [0.05, 0.1) is 24.9 Å². The van der Waals surface area contributed by atoms with E-state index < -0.39 is 7.60 Å². The third kappa shape index (κ3) is 6.12. The molecule has 0 aliphatic rings. The van der Waals surface area contributed by atoms with E-state index in [-0.39, 0.29) is 0 Å². The van der Waals surface area contributed by atoms with Crippen molar-refractivity contribution in [2.75, 3.05) is 25.9 Å². The van der Waals surface area contributed by atoms with E-state index >= 15 is 0 Å². The fourth-order valence-corrected chi connectivity index (χ4v) is 4.79. The summed E-state index contributed by atoms with van der Waals surface area (Å²) in [5.74, 6) is 0.532. The number of hydrogen-bond acceptors (Lipinski definition) is 7. The van der Waals surface area contributed by atoms with Crippen LogP contribution in [-0.2, 0) is 26.8 Å². The number of aromatic amines is 1. The van der Waals surface area contributed by atoms with Crippen LogP contribution in [0.1, 0.15) is 31.4 Å². The van der Waals surface area contributed by atoms with Crippen molar-refractivity contribution in [2.24, 2.45) is 0 Å². The number of rotatable bonds is 13. The van der Waals surface area contributed by atoms with Crippen molar-refractivity contribution in [3.05, 3.63) is 54.0 Å². The van der Waals surface area contributed by atoms with E-state index in [0.717, 1.165) is 22.2 Å². The smallest absolute Gasteiger partial charge is 0.330 e. The highest BCUT2D eigenvalue weighted by atomic mass is 31.2. The lowest BCUT2D eigenvalue weighted by molar-refractivity contribution is 0.219. The summed E-state index contributed by atoms with van der Waals surface area (Å²) < 4.78 is 29.0. The maximum absolute atomic E-state index is 12.5. The molecule has 2 aromatic heterocycles. The quantitative estimate of drug-likeness (QED) is 0.307. The normalized spacial score (nSPS) is 11.8. The van der Waals surface area contributed by atoms with Gasteiger partial charge in [0.1, 0.15) is 18.5 Å². The van der Waals surface area contributed by atoms with Crippen LogP contribution < -0.4 is 10.1 Å². The first kappa shape index (κ1) is 22.4. The highest BCUT2D eigenvalue weighted by Crippen LogP contribution is 2.48. The number of H-pyrrole nitrogens is 1. The van der Waals surface area contributed by atoms with Crippen molar-refractivity contribution in [2.45, 2.75) is 33.4 Å². The molecule has 0 saturated carbocycles. The molecule has 0 bridgehead atoms. The molecule has 3 rings (SSSR count). The van der Waals surface area contributed by atoms with Crippen LogP contribution in [0.3, 0.4) is 0 Å². The second-order valence-electron chi connectivity index (χ2n) is 6.69. The van der Waals surface area contributed by atoms with Gasteiger partial charge in [-0.2, -0.15) is 4.98 Å². The Labute approximate surface area is 176 Å². The standard InChI is InChI=1S/C21H29N4O4P/c1-3-28-30(26,29-4-2)12-8-11-22-13-18-14-23-20-19(18)24-16-25-21(20)27-15-17-9-6-5-7-10-17/h5-7,9-10,14,16,22-23H,3-4,8,11-13,15H2,1-2H3. The van der Waals surface area contributed by atoms with E-state index in [0.29, 0.717) is 51.4 Å². The van der Waals surface area contributed by atoms with Crippen LogP contribution >= 0.6 is 7.60 Å². The molecule has 2 N–H and O–H groups in total. The van der Waals surface area contributed by atoms with E-state index in [9.17, 15) is 4.57 Å². The van der Waals surface area contributed by atoms with Gasteiger partial charge in [0.2, 0.25) is 5.88 Å². The van der Waals surface area contributed by atoms with E-state index in [1.54, 1.807) is 0 Å². The van der Waals surface area contributed by atoms with Crippen LogP contribution in [-0.4, -0.2) is 40.9 Å². The van der Waals surface area contributed by atoms with Gasteiger partial charge in [0, 0.05) is 18.3 Å². The van der Waals surface area contributed by atoms with Gasteiger partial charge >= 0.3 is 7.60 Å². The molecule has 3 aromatic rings. The molecule has 30 heavy (non-hydrogen) atoms. The fourth-order valence-electron chi connectivity index (χ4n) is 3.12. The van der Waals surface area contributed by atoms with Crippen molar-refractivity contribution in [3.63, 3.8) is 0 Å². The van der Waals surface area contributed by atoms with Crippen LogP contribution in [0, 0.1) is 0 Å². The van der Waals surface area contributed by atoms with E-state index in [1.807, 2.05) is 50.4 Å². The molecular weight excluding hydrogens is 403 g/mol. The average Bonchev–Trinajstić information content (AvgIpc) is 3.17. The zero-order chi connectivity index (χ0) is 21.2. The van der Waals surface area contributed by atoms with E-state index in [4.69, 9.17) is 13.8 Å². The largest absolute Gasteiger partial charge is 0.471 e. The Balaban J connectivity index is 1.53. The van der Waals surface area contributed by atoms with Crippen molar-refractivity contribution in [1.29, 1.82) is 0 Å². The minimum absolute atomic E-state index is 0.383. The summed E-state index contributed by atoms with van der Waals surface area (Å²) in [6.45, 7) is 6.17. The average molecular weight is 432 g/mol. The lowest BCUT2D eigenvalue weighted by Crippen LogP contribution is -2.16. The first-order valence-electron chi connectivity index (χ1n) is 10.2. The molecule has 0 radical (unpaired) electrons. The Bertz CT molecular complexity index is 954. The molecule has 9 heteroatoms. The molecule has 0 amide bonds. The molecule has 0 atom stereocenters. The molecule has 0 unspecified atom stereocenters. The molecule has 0 aliphatic heterocycles. The summed E-state index contributed by atoms with van der Waals surface area (Å²) in [5.41, 5.74) is 3.71. The lowest BCUT2D eigenvalue weighted by atomic mass is 10.2. The Morgan fingerprint density at radius 3 is 2.60 bits per heavy atom. The number of ether oxygens (including phenoxy) is 1. The van der Waals surface area contributed by atoms with E-state index in [2.05, 4.69) is 20.3 Å². The van der Waals surface area contributed by atoms with Gasteiger partial charge in [-0.15, -0.1) is 0 Å². The summed E-state index contributed by atoms with van der Waals surface area (Å²) in [6, 6.07) is 9.96. The van der Waals surface area contributed by atoms with Gasteiger partial charge in [-0.3, -0.25) is 4.57 Å². The summed E-state index contributed by atoms with van der Waals surface area (Å²) >= 11 is 0. The van der Waals surface area contributed by atoms with Crippen LogP contribution in [0.5, 0.6) is 5.88 Å². The van der Waals surface area contributed by atoms with Crippen molar-refractivity contribution < 1.29 is 18.3 Å². The maximum atomic E-state index is 12.5. The highest BCUT2D eigenvalue weighted by Gasteiger charge is 2.22. The molecule has 8 nitrogen and oxygen atoms in total. The number of nitrogens with one attached hydrogen (secondary N) is 2. The molecule has 2 heterocycles. The zero-order valence-electron chi connectivity index (χ0n) is 17.5. The summed E-state index contributed by atoms with van der Waals surface area (Å²) in [5, 5.41) is 3.36. The number of fused-ring (bicyclic) bond motifs is 1. The molecule has 0 spiro atoms. The minimum Gasteiger partial charge on any atom is -0.471 e. The number of nitrogens with zero attached hydrogens (tertiary/aromatic N) is 2. The van der Waals surface area contributed by atoms with Gasteiger partial charge in [-0.25, -0.2) is 4.98 Å².